The van der Waals surface area contributed by atoms with Crippen molar-refractivity contribution in [1.29, 1.82) is 0 Å². The molecule has 6 nitrogen and oxygen atoms in total. The van der Waals surface area contributed by atoms with Crippen molar-refractivity contribution >= 4 is 22.9 Å². The van der Waals surface area contributed by atoms with Crippen molar-refractivity contribution in [2.75, 3.05) is 4.72 Å². The Morgan fingerprint density at radius 3 is 2.73 bits per heavy atom. The van der Waals surface area contributed by atoms with E-state index < -0.39 is 17.2 Å². The molecule has 0 radical (unpaired) electrons. The fourth-order valence-corrected chi connectivity index (χ4v) is 1.44. The highest BCUT2D eigenvalue weighted by atomic mass is 32.2. The molecule has 82 valence electrons. The van der Waals surface area contributed by atoms with Crippen molar-refractivity contribution in [2.24, 2.45) is 5.73 Å². The van der Waals surface area contributed by atoms with Gasteiger partial charge in [0.05, 0.1) is 11.3 Å². The van der Waals surface area contributed by atoms with E-state index in [-0.39, 0.29) is 17.8 Å². The van der Waals surface area contributed by atoms with Crippen LogP contribution in [0.2, 0.25) is 0 Å². The number of nitrogens with two attached hydrogens (primary N) is 1. The fraction of sp³-hybridized carbons (Fsp3) is 0.125. The van der Waals surface area contributed by atoms with Crippen LogP contribution >= 0.6 is 0 Å². The molecule has 0 saturated heterocycles. The van der Waals surface area contributed by atoms with E-state index in [0.717, 1.165) is 0 Å². The van der Waals surface area contributed by atoms with E-state index >= 15 is 0 Å². The molecular weight excluding hydrogens is 220 g/mol. The molecule has 0 spiro atoms. The lowest BCUT2D eigenvalue weighted by Gasteiger charge is -2.13. The van der Waals surface area contributed by atoms with Crippen LogP contribution in [0.25, 0.3) is 0 Å². The fourth-order valence-electron chi connectivity index (χ4n) is 1.07. The minimum Gasteiger partial charge on any atom is -0.755 e. The van der Waals surface area contributed by atoms with E-state index in [4.69, 9.17) is 10.8 Å². The number of hydrogen-bond donors (Lipinski definition) is 3. The van der Waals surface area contributed by atoms with E-state index in [1.165, 1.54) is 18.2 Å². The molecule has 0 aliphatic heterocycles. The first-order valence-electron chi connectivity index (χ1n) is 3.97. The summed E-state index contributed by atoms with van der Waals surface area (Å²) < 4.78 is 22.9. The quantitative estimate of drug-likeness (QED) is 0.631. The molecule has 7 heteroatoms. The van der Waals surface area contributed by atoms with E-state index in [2.05, 4.69) is 4.72 Å². The summed E-state index contributed by atoms with van der Waals surface area (Å²) in [6.45, 7) is 0.124. The molecule has 1 rings (SSSR count). The highest BCUT2D eigenvalue weighted by Gasteiger charge is 2.07. The van der Waals surface area contributed by atoms with Crippen LogP contribution in [0.5, 0.6) is 0 Å². The number of aromatic carboxylic acids is 1. The summed E-state index contributed by atoms with van der Waals surface area (Å²) in [4.78, 5) is 10.6. The number of anilines is 1. The molecule has 0 saturated carbocycles. The van der Waals surface area contributed by atoms with Gasteiger partial charge in [0.25, 0.3) is 0 Å². The third kappa shape index (κ3) is 3.01. The summed E-state index contributed by atoms with van der Waals surface area (Å²) in [7, 11) is 0. The molecule has 15 heavy (non-hydrogen) atoms. The van der Waals surface area contributed by atoms with Crippen molar-refractivity contribution < 1.29 is 18.7 Å². The predicted octanol–water partition coefficient (Wildman–Crippen LogP) is 0.0495. The zero-order valence-corrected chi connectivity index (χ0v) is 8.41. The second-order valence-corrected chi connectivity index (χ2v) is 3.39. The Balaban J connectivity index is 3.12. The molecule has 0 aliphatic carbocycles. The summed E-state index contributed by atoms with van der Waals surface area (Å²) >= 11 is -2.50. The van der Waals surface area contributed by atoms with Crippen molar-refractivity contribution in [3.8, 4) is 0 Å². The minimum atomic E-state index is -2.50. The summed E-state index contributed by atoms with van der Waals surface area (Å²) in [5.41, 5.74) is 6.08. The third-order valence-corrected chi connectivity index (χ3v) is 2.16. The third-order valence-electron chi connectivity index (χ3n) is 1.77. The van der Waals surface area contributed by atoms with Gasteiger partial charge in [0.15, 0.2) is 0 Å². The predicted molar refractivity (Wildman–Crippen MR) is 53.8 cm³/mol. The van der Waals surface area contributed by atoms with Gasteiger partial charge in [-0.05, 0) is 17.7 Å². The van der Waals surface area contributed by atoms with Crippen LogP contribution in [0.3, 0.4) is 0 Å². The van der Waals surface area contributed by atoms with Crippen LogP contribution in [0, 0.1) is 0 Å². The Labute approximate surface area is 88.5 Å². The maximum Gasteiger partial charge on any atom is 0.335 e. The molecular formula is C8H9N2O4S-. The lowest BCUT2D eigenvalue weighted by atomic mass is 10.1. The van der Waals surface area contributed by atoms with Gasteiger partial charge in [-0.1, -0.05) is 6.07 Å². The van der Waals surface area contributed by atoms with Crippen molar-refractivity contribution in [2.45, 2.75) is 6.54 Å². The Bertz CT molecular complexity index is 408. The minimum absolute atomic E-state index is 0.000139. The molecule has 0 aromatic heterocycles. The summed E-state index contributed by atoms with van der Waals surface area (Å²) in [6, 6.07) is 4.06. The van der Waals surface area contributed by atoms with Gasteiger partial charge in [-0.15, -0.1) is 0 Å². The molecule has 1 unspecified atom stereocenters. The standard InChI is InChI=1S/C8H10N2O4S/c9-4-6-2-1-5(8(11)12)3-7(6)10-15(13)14/h1-3,10H,4,9H2,(H,11,12)(H,13,14)/p-1. The average molecular weight is 229 g/mol. The van der Waals surface area contributed by atoms with E-state index in [1.54, 1.807) is 0 Å². The molecule has 0 amide bonds. The first-order chi connectivity index (χ1) is 7.04. The van der Waals surface area contributed by atoms with Crippen LogP contribution in [0.15, 0.2) is 18.2 Å². The van der Waals surface area contributed by atoms with Crippen molar-refractivity contribution in [1.82, 2.24) is 0 Å². The number of carboxylic acid groups (broad SMARTS) is 1. The second-order valence-electron chi connectivity index (χ2n) is 2.72. The highest BCUT2D eigenvalue weighted by molar-refractivity contribution is 7.80. The molecule has 1 aromatic rings. The number of hydrogen-bond acceptors (Lipinski definition) is 4. The maximum atomic E-state index is 10.6. The van der Waals surface area contributed by atoms with Crippen LogP contribution in [-0.2, 0) is 17.8 Å². The Kier molecular flexibility index (Phi) is 3.78. The van der Waals surface area contributed by atoms with Crippen molar-refractivity contribution in [3.63, 3.8) is 0 Å². The Hall–Kier alpha value is -1.44. The lowest BCUT2D eigenvalue weighted by Crippen LogP contribution is -2.09. The van der Waals surface area contributed by atoms with Crippen LogP contribution in [0.4, 0.5) is 5.69 Å². The summed E-state index contributed by atoms with van der Waals surface area (Å²) in [6.07, 6.45) is 0. The number of carboxylic acids is 1. The Morgan fingerprint density at radius 1 is 1.60 bits per heavy atom. The molecule has 0 fully saturated rings. The second kappa shape index (κ2) is 4.87. The summed E-state index contributed by atoms with van der Waals surface area (Å²) in [5, 5.41) is 8.69. The van der Waals surface area contributed by atoms with E-state index in [1.807, 2.05) is 0 Å². The number of nitrogens with one attached hydrogen (secondary N) is 1. The van der Waals surface area contributed by atoms with Gasteiger partial charge in [0.2, 0.25) is 0 Å². The molecule has 1 aromatic carbocycles. The van der Waals surface area contributed by atoms with Crippen LogP contribution in [0.1, 0.15) is 15.9 Å². The number of benzene rings is 1. The molecule has 1 atom stereocenters. The average Bonchev–Trinajstić information content (AvgIpc) is 2.16. The molecule has 0 bridgehead atoms. The first-order valence-corrected chi connectivity index (χ1v) is 5.04. The van der Waals surface area contributed by atoms with E-state index in [0.29, 0.717) is 5.56 Å². The van der Waals surface area contributed by atoms with Crippen molar-refractivity contribution in [3.05, 3.63) is 29.3 Å². The number of rotatable bonds is 4. The van der Waals surface area contributed by atoms with Gasteiger partial charge >= 0.3 is 5.97 Å². The first kappa shape index (κ1) is 11.6. The maximum absolute atomic E-state index is 10.6. The van der Waals surface area contributed by atoms with Gasteiger partial charge in [-0.25, -0.2) is 4.79 Å². The van der Waals surface area contributed by atoms with Gasteiger partial charge in [0, 0.05) is 17.8 Å². The van der Waals surface area contributed by atoms with Gasteiger partial charge < -0.3 is 20.1 Å². The molecule has 4 N–H and O–H groups in total. The molecule has 0 heterocycles. The van der Waals surface area contributed by atoms with Crippen LogP contribution in [-0.4, -0.2) is 19.8 Å². The zero-order chi connectivity index (χ0) is 11.4. The van der Waals surface area contributed by atoms with Gasteiger partial charge in [-0.3, -0.25) is 4.21 Å². The zero-order valence-electron chi connectivity index (χ0n) is 7.60. The van der Waals surface area contributed by atoms with E-state index in [9.17, 15) is 13.6 Å². The number of carbonyl (C=O) groups is 1. The lowest BCUT2D eigenvalue weighted by molar-refractivity contribution is 0.0697. The topological polar surface area (TPSA) is 115 Å². The smallest absolute Gasteiger partial charge is 0.335 e. The summed E-state index contributed by atoms with van der Waals surface area (Å²) in [5.74, 6) is -1.13. The van der Waals surface area contributed by atoms with Gasteiger partial charge in [-0.2, -0.15) is 0 Å². The Morgan fingerprint density at radius 2 is 2.27 bits per heavy atom. The van der Waals surface area contributed by atoms with Crippen LogP contribution < -0.4 is 10.5 Å². The SMILES string of the molecule is NCc1ccc(C(=O)O)cc1NS(=O)[O-]. The highest BCUT2D eigenvalue weighted by Crippen LogP contribution is 2.17. The largest absolute Gasteiger partial charge is 0.755 e. The van der Waals surface area contributed by atoms with Gasteiger partial charge in [0.1, 0.15) is 0 Å². The normalized spacial score (nSPS) is 12.1. The monoisotopic (exact) mass is 229 g/mol. The molecule has 0 aliphatic rings.